The standard InChI is InChI=1S/C9H14N2OS2/c12-14(9-10-6-7-13-9)11-8-4-2-1-3-5-8/h6-8,11H,1-5H2. The van der Waals surface area contributed by atoms with Gasteiger partial charge in [-0.3, -0.25) is 0 Å². The molecule has 0 aromatic carbocycles. The van der Waals surface area contributed by atoms with Gasteiger partial charge in [-0.05, 0) is 12.8 Å². The molecule has 0 bridgehead atoms. The summed E-state index contributed by atoms with van der Waals surface area (Å²) in [6, 6.07) is 0.425. The van der Waals surface area contributed by atoms with Crippen LogP contribution in [-0.4, -0.2) is 15.2 Å². The van der Waals surface area contributed by atoms with E-state index in [4.69, 9.17) is 0 Å². The van der Waals surface area contributed by atoms with Crippen molar-refractivity contribution in [2.45, 2.75) is 42.5 Å². The molecule has 1 unspecified atom stereocenters. The van der Waals surface area contributed by atoms with Crippen molar-refractivity contribution in [1.29, 1.82) is 0 Å². The average molecular weight is 230 g/mol. The van der Waals surface area contributed by atoms with Crippen LogP contribution in [0.4, 0.5) is 0 Å². The summed E-state index contributed by atoms with van der Waals surface area (Å²) in [5.41, 5.74) is 0. The molecule has 1 fully saturated rings. The SMILES string of the molecule is O=S(NC1CCCCC1)c1nccs1. The van der Waals surface area contributed by atoms with Crippen LogP contribution < -0.4 is 4.72 Å². The van der Waals surface area contributed by atoms with E-state index in [0.29, 0.717) is 10.4 Å². The third kappa shape index (κ3) is 2.62. The second-order valence-corrected chi connectivity index (χ2v) is 5.83. The van der Waals surface area contributed by atoms with Crippen LogP contribution in [0.5, 0.6) is 0 Å². The average Bonchev–Trinajstić information content (AvgIpc) is 2.72. The molecule has 0 amide bonds. The minimum Gasteiger partial charge on any atom is -0.235 e. The van der Waals surface area contributed by atoms with Crippen LogP contribution in [0.2, 0.25) is 0 Å². The maximum absolute atomic E-state index is 11.7. The summed E-state index contributed by atoms with van der Waals surface area (Å²) < 4.78 is 15.6. The van der Waals surface area contributed by atoms with E-state index in [9.17, 15) is 4.21 Å². The van der Waals surface area contributed by atoms with Crippen molar-refractivity contribution >= 4 is 22.3 Å². The molecular weight excluding hydrogens is 216 g/mol. The smallest absolute Gasteiger partial charge is 0.196 e. The minimum absolute atomic E-state index is 0.425. The van der Waals surface area contributed by atoms with Crippen LogP contribution in [0, 0.1) is 0 Å². The summed E-state index contributed by atoms with van der Waals surface area (Å²) >= 11 is 1.45. The van der Waals surface area contributed by atoms with Gasteiger partial charge in [-0.15, -0.1) is 11.3 Å². The predicted molar refractivity (Wildman–Crippen MR) is 58.5 cm³/mol. The fourth-order valence-electron chi connectivity index (χ4n) is 1.72. The second-order valence-electron chi connectivity index (χ2n) is 3.52. The molecule has 3 nitrogen and oxygen atoms in total. The third-order valence-corrected chi connectivity index (χ3v) is 4.72. The van der Waals surface area contributed by atoms with Gasteiger partial charge in [-0.1, -0.05) is 19.3 Å². The quantitative estimate of drug-likeness (QED) is 0.864. The molecule has 14 heavy (non-hydrogen) atoms. The molecule has 0 radical (unpaired) electrons. The van der Waals surface area contributed by atoms with Crippen molar-refractivity contribution in [3.63, 3.8) is 0 Å². The Labute approximate surface area is 90.5 Å². The summed E-state index contributed by atoms with van der Waals surface area (Å²) in [5, 5.41) is 1.86. The minimum atomic E-state index is -1.09. The molecule has 1 N–H and O–H groups in total. The van der Waals surface area contributed by atoms with Crippen LogP contribution >= 0.6 is 11.3 Å². The lowest BCUT2D eigenvalue weighted by Crippen LogP contribution is -2.32. The first kappa shape index (κ1) is 10.3. The summed E-state index contributed by atoms with van der Waals surface area (Å²) in [5.74, 6) is 0. The molecule has 1 saturated carbocycles. The Hall–Kier alpha value is -0.260. The van der Waals surface area contributed by atoms with Gasteiger partial charge in [0.1, 0.15) is 0 Å². The second kappa shape index (κ2) is 5.00. The number of rotatable bonds is 3. The zero-order valence-corrected chi connectivity index (χ0v) is 9.57. The zero-order valence-electron chi connectivity index (χ0n) is 7.94. The van der Waals surface area contributed by atoms with Gasteiger partial charge in [-0.25, -0.2) is 13.9 Å². The molecule has 1 heterocycles. The third-order valence-electron chi connectivity index (χ3n) is 2.45. The van der Waals surface area contributed by atoms with E-state index in [-0.39, 0.29) is 0 Å². The van der Waals surface area contributed by atoms with Crippen molar-refractivity contribution in [2.75, 3.05) is 0 Å². The van der Waals surface area contributed by atoms with Gasteiger partial charge in [0.25, 0.3) is 0 Å². The molecule has 0 spiro atoms. The van der Waals surface area contributed by atoms with Crippen molar-refractivity contribution in [2.24, 2.45) is 0 Å². The van der Waals surface area contributed by atoms with Crippen LogP contribution in [0.3, 0.4) is 0 Å². The number of hydrogen-bond donors (Lipinski definition) is 1. The Balaban J connectivity index is 1.87. The first-order valence-electron chi connectivity index (χ1n) is 4.94. The molecule has 1 aliphatic rings. The van der Waals surface area contributed by atoms with Gasteiger partial charge < -0.3 is 0 Å². The van der Waals surface area contributed by atoms with E-state index in [1.54, 1.807) is 6.20 Å². The van der Waals surface area contributed by atoms with Gasteiger partial charge in [0.05, 0.1) is 0 Å². The molecule has 1 aromatic rings. The lowest BCUT2D eigenvalue weighted by Gasteiger charge is -2.21. The highest BCUT2D eigenvalue weighted by Crippen LogP contribution is 2.19. The monoisotopic (exact) mass is 230 g/mol. The fourth-order valence-corrected chi connectivity index (χ4v) is 3.54. The first-order chi connectivity index (χ1) is 6.86. The van der Waals surface area contributed by atoms with Crippen LogP contribution in [0.25, 0.3) is 0 Å². The normalized spacial score (nSPS) is 20.9. The highest BCUT2D eigenvalue weighted by Gasteiger charge is 2.16. The van der Waals surface area contributed by atoms with Crippen LogP contribution in [0.15, 0.2) is 15.9 Å². The van der Waals surface area contributed by atoms with Crippen molar-refractivity contribution in [3.8, 4) is 0 Å². The van der Waals surface area contributed by atoms with Gasteiger partial charge in [0, 0.05) is 17.6 Å². The molecule has 1 aromatic heterocycles. The number of nitrogens with one attached hydrogen (secondary N) is 1. The van der Waals surface area contributed by atoms with E-state index >= 15 is 0 Å². The van der Waals surface area contributed by atoms with E-state index in [1.807, 2.05) is 5.38 Å². The van der Waals surface area contributed by atoms with Gasteiger partial charge in [0.2, 0.25) is 0 Å². The Morgan fingerprint density at radius 2 is 2.21 bits per heavy atom. The van der Waals surface area contributed by atoms with Crippen LogP contribution in [-0.2, 0) is 11.0 Å². The Kier molecular flexibility index (Phi) is 3.67. The number of aromatic nitrogens is 1. The Bertz CT molecular complexity index is 294. The summed E-state index contributed by atoms with van der Waals surface area (Å²) in [7, 11) is -1.09. The fraction of sp³-hybridized carbons (Fsp3) is 0.667. The van der Waals surface area contributed by atoms with Crippen molar-refractivity contribution in [3.05, 3.63) is 11.6 Å². The van der Waals surface area contributed by atoms with E-state index in [2.05, 4.69) is 9.71 Å². The van der Waals surface area contributed by atoms with Crippen molar-refractivity contribution < 1.29 is 4.21 Å². The van der Waals surface area contributed by atoms with E-state index in [0.717, 1.165) is 12.8 Å². The Morgan fingerprint density at radius 3 is 2.86 bits per heavy atom. The largest absolute Gasteiger partial charge is 0.235 e. The Morgan fingerprint density at radius 1 is 1.43 bits per heavy atom. The van der Waals surface area contributed by atoms with Crippen molar-refractivity contribution in [1.82, 2.24) is 9.71 Å². The zero-order chi connectivity index (χ0) is 9.80. The number of thiazole rings is 1. The highest BCUT2D eigenvalue weighted by molar-refractivity contribution is 7.85. The molecule has 0 saturated heterocycles. The molecule has 78 valence electrons. The lowest BCUT2D eigenvalue weighted by atomic mass is 9.96. The van der Waals surface area contributed by atoms with Gasteiger partial charge >= 0.3 is 0 Å². The van der Waals surface area contributed by atoms with E-state index in [1.165, 1.54) is 30.6 Å². The molecule has 0 aliphatic heterocycles. The summed E-state index contributed by atoms with van der Waals surface area (Å²) in [4.78, 5) is 4.04. The molecule has 2 rings (SSSR count). The van der Waals surface area contributed by atoms with Gasteiger partial charge in [0.15, 0.2) is 15.3 Å². The molecule has 1 atom stereocenters. The van der Waals surface area contributed by atoms with Crippen LogP contribution in [0.1, 0.15) is 32.1 Å². The molecular formula is C9H14N2OS2. The first-order valence-corrected chi connectivity index (χ1v) is 6.96. The van der Waals surface area contributed by atoms with E-state index < -0.39 is 11.0 Å². The summed E-state index contributed by atoms with van der Waals surface area (Å²) in [6.45, 7) is 0. The maximum Gasteiger partial charge on any atom is 0.196 e. The van der Waals surface area contributed by atoms with Gasteiger partial charge in [-0.2, -0.15) is 0 Å². The predicted octanol–water partition coefficient (Wildman–Crippen LogP) is 2.09. The molecule has 1 aliphatic carbocycles. The number of hydrogen-bond acceptors (Lipinski definition) is 3. The molecule has 5 heteroatoms. The summed E-state index contributed by atoms with van der Waals surface area (Å²) in [6.07, 6.45) is 7.83. The topological polar surface area (TPSA) is 42.0 Å². The lowest BCUT2D eigenvalue weighted by molar-refractivity contribution is 0.419. The maximum atomic E-state index is 11.7. The highest BCUT2D eigenvalue weighted by atomic mass is 32.2. The number of nitrogens with zero attached hydrogens (tertiary/aromatic N) is 1.